The lowest BCUT2D eigenvalue weighted by atomic mass is 10.2. The molecule has 0 aliphatic rings. The van der Waals surface area contributed by atoms with Gasteiger partial charge in [0.05, 0.1) is 0 Å². The fourth-order valence-electron chi connectivity index (χ4n) is 2.37. The van der Waals surface area contributed by atoms with Crippen molar-refractivity contribution >= 4 is 56.4 Å². The molecule has 5 nitrogen and oxygen atoms in total. The number of carbonyl (C=O) groups is 2. The molecule has 3 N–H and O–H groups in total. The van der Waals surface area contributed by atoms with E-state index in [0.717, 1.165) is 23.7 Å². The summed E-state index contributed by atoms with van der Waals surface area (Å²) in [5.74, 6) is -0.299. The highest BCUT2D eigenvalue weighted by atomic mass is 79.9. The molecule has 0 spiro atoms. The van der Waals surface area contributed by atoms with E-state index in [9.17, 15) is 9.59 Å². The molecule has 0 saturated carbocycles. The van der Waals surface area contributed by atoms with Gasteiger partial charge in [0, 0.05) is 27.8 Å². The first-order valence-corrected chi connectivity index (χ1v) is 9.96. The second kappa shape index (κ2) is 10.8. The van der Waals surface area contributed by atoms with Crippen LogP contribution >= 0.6 is 28.1 Å². The van der Waals surface area contributed by atoms with Crippen molar-refractivity contribution in [1.29, 1.82) is 0 Å². The van der Waals surface area contributed by atoms with E-state index in [1.165, 1.54) is 0 Å². The second-order valence-electron chi connectivity index (χ2n) is 6.00. The fraction of sp³-hybridized carbons (Fsp3) is 0.250. The van der Waals surface area contributed by atoms with Crippen LogP contribution < -0.4 is 16.0 Å². The molecule has 2 aromatic carbocycles. The zero-order valence-electron chi connectivity index (χ0n) is 15.0. The maximum atomic E-state index is 12.2. The Morgan fingerprint density at radius 1 is 1.00 bits per heavy atom. The van der Waals surface area contributed by atoms with E-state index in [1.807, 2.05) is 18.2 Å². The maximum Gasteiger partial charge on any atom is 0.257 e. The van der Waals surface area contributed by atoms with E-state index in [4.69, 9.17) is 12.2 Å². The van der Waals surface area contributed by atoms with E-state index in [-0.39, 0.29) is 16.9 Å². The molecular formula is C20H22BrN3O2S. The summed E-state index contributed by atoms with van der Waals surface area (Å²) in [5.41, 5.74) is 1.88. The first-order valence-electron chi connectivity index (χ1n) is 8.75. The largest absolute Gasteiger partial charge is 0.332 e. The number of anilines is 2. The molecule has 0 unspecified atom stereocenters. The predicted molar refractivity (Wildman–Crippen MR) is 117 cm³/mol. The number of amides is 2. The lowest BCUT2D eigenvalue weighted by Gasteiger charge is -2.11. The van der Waals surface area contributed by atoms with E-state index < -0.39 is 0 Å². The number of halogens is 1. The number of nitrogens with one attached hydrogen (secondary N) is 3. The third kappa shape index (κ3) is 7.48. The fourth-order valence-corrected chi connectivity index (χ4v) is 2.85. The first kappa shape index (κ1) is 21.1. The Morgan fingerprint density at radius 2 is 1.67 bits per heavy atom. The molecule has 0 fully saturated rings. The van der Waals surface area contributed by atoms with Gasteiger partial charge in [0.1, 0.15) is 0 Å². The Balaban J connectivity index is 1.89. The third-order valence-corrected chi connectivity index (χ3v) is 4.48. The summed E-state index contributed by atoms with van der Waals surface area (Å²) in [4.78, 5) is 24.1. The topological polar surface area (TPSA) is 70.2 Å². The molecule has 0 radical (unpaired) electrons. The van der Waals surface area contributed by atoms with E-state index in [2.05, 4.69) is 38.8 Å². The Kier molecular flexibility index (Phi) is 8.42. The third-order valence-electron chi connectivity index (χ3n) is 3.75. The van der Waals surface area contributed by atoms with Gasteiger partial charge in [-0.3, -0.25) is 14.9 Å². The van der Waals surface area contributed by atoms with E-state index >= 15 is 0 Å². The molecule has 2 aromatic rings. The van der Waals surface area contributed by atoms with Crippen molar-refractivity contribution in [2.45, 2.75) is 32.6 Å². The molecule has 0 aliphatic heterocycles. The van der Waals surface area contributed by atoms with Gasteiger partial charge in [-0.15, -0.1) is 0 Å². The normalized spacial score (nSPS) is 10.1. The van der Waals surface area contributed by atoms with Crippen molar-refractivity contribution in [2.24, 2.45) is 0 Å². The van der Waals surface area contributed by atoms with Gasteiger partial charge in [0.2, 0.25) is 5.91 Å². The van der Waals surface area contributed by atoms with Crippen LogP contribution in [-0.2, 0) is 4.79 Å². The molecule has 0 bridgehead atoms. The Bertz CT molecular complexity index is 809. The minimum atomic E-state index is -0.291. The summed E-state index contributed by atoms with van der Waals surface area (Å²) >= 11 is 8.53. The lowest BCUT2D eigenvalue weighted by molar-refractivity contribution is -0.116. The van der Waals surface area contributed by atoms with Crippen LogP contribution in [0.4, 0.5) is 11.4 Å². The van der Waals surface area contributed by atoms with Gasteiger partial charge in [-0.25, -0.2) is 0 Å². The molecule has 2 rings (SSSR count). The standard InChI is InChI=1S/C20H22BrN3O2S/c1-2-3-4-8-18(25)22-16-6-5-7-17(13-16)23-20(27)24-19(26)14-9-11-15(21)12-10-14/h5-7,9-13H,2-4,8H2,1H3,(H,22,25)(H2,23,24,26,27). The molecule has 2 amide bonds. The van der Waals surface area contributed by atoms with Gasteiger partial charge < -0.3 is 10.6 Å². The van der Waals surface area contributed by atoms with Gasteiger partial charge >= 0.3 is 0 Å². The number of rotatable bonds is 7. The summed E-state index contributed by atoms with van der Waals surface area (Å²) in [6.07, 6.45) is 3.51. The van der Waals surface area contributed by atoms with Crippen LogP contribution in [0.3, 0.4) is 0 Å². The number of hydrogen-bond acceptors (Lipinski definition) is 3. The van der Waals surface area contributed by atoms with Crippen molar-refractivity contribution in [3.8, 4) is 0 Å². The van der Waals surface area contributed by atoms with Crippen LogP contribution in [0, 0.1) is 0 Å². The summed E-state index contributed by atoms with van der Waals surface area (Å²) in [6, 6.07) is 14.2. The van der Waals surface area contributed by atoms with Crippen LogP contribution in [0.25, 0.3) is 0 Å². The summed E-state index contributed by atoms with van der Waals surface area (Å²) in [6.45, 7) is 2.10. The highest BCUT2D eigenvalue weighted by molar-refractivity contribution is 9.10. The van der Waals surface area contributed by atoms with Crippen LogP contribution in [0.15, 0.2) is 53.0 Å². The number of thiocarbonyl (C=S) groups is 1. The minimum Gasteiger partial charge on any atom is -0.332 e. The van der Waals surface area contributed by atoms with Gasteiger partial charge in [0.25, 0.3) is 5.91 Å². The van der Waals surface area contributed by atoms with Crippen molar-refractivity contribution in [3.05, 3.63) is 58.6 Å². The zero-order chi connectivity index (χ0) is 19.6. The van der Waals surface area contributed by atoms with Gasteiger partial charge in [0.15, 0.2) is 5.11 Å². The predicted octanol–water partition coefficient (Wildman–Crippen LogP) is 5.09. The SMILES string of the molecule is CCCCCC(=O)Nc1cccc(NC(=S)NC(=O)c2ccc(Br)cc2)c1. The van der Waals surface area contributed by atoms with Crippen LogP contribution in [0.2, 0.25) is 0 Å². The lowest BCUT2D eigenvalue weighted by Crippen LogP contribution is -2.34. The molecule has 27 heavy (non-hydrogen) atoms. The monoisotopic (exact) mass is 447 g/mol. The van der Waals surface area contributed by atoms with Crippen molar-refractivity contribution in [2.75, 3.05) is 10.6 Å². The first-order chi connectivity index (χ1) is 13.0. The molecule has 7 heteroatoms. The average Bonchev–Trinajstić information content (AvgIpc) is 2.62. The quantitative estimate of drug-likeness (QED) is 0.408. The Labute approximate surface area is 173 Å². The van der Waals surface area contributed by atoms with E-state index in [1.54, 1.807) is 30.3 Å². The number of unbranched alkanes of at least 4 members (excludes halogenated alkanes) is 2. The van der Waals surface area contributed by atoms with Crippen molar-refractivity contribution < 1.29 is 9.59 Å². The molecule has 0 saturated heterocycles. The van der Waals surface area contributed by atoms with Crippen molar-refractivity contribution in [1.82, 2.24) is 5.32 Å². The minimum absolute atomic E-state index is 0.00767. The Morgan fingerprint density at radius 3 is 2.33 bits per heavy atom. The summed E-state index contributed by atoms with van der Waals surface area (Å²) in [5, 5.41) is 8.66. The highest BCUT2D eigenvalue weighted by Gasteiger charge is 2.08. The molecule has 0 heterocycles. The summed E-state index contributed by atoms with van der Waals surface area (Å²) in [7, 11) is 0. The molecule has 0 aromatic heterocycles. The number of benzene rings is 2. The zero-order valence-corrected chi connectivity index (χ0v) is 17.5. The van der Waals surface area contributed by atoms with E-state index in [0.29, 0.717) is 23.4 Å². The number of carbonyl (C=O) groups excluding carboxylic acids is 2. The van der Waals surface area contributed by atoms with Crippen LogP contribution in [-0.4, -0.2) is 16.9 Å². The summed E-state index contributed by atoms with van der Waals surface area (Å²) < 4.78 is 0.897. The van der Waals surface area contributed by atoms with Crippen LogP contribution in [0.5, 0.6) is 0 Å². The van der Waals surface area contributed by atoms with Crippen LogP contribution in [0.1, 0.15) is 43.0 Å². The smallest absolute Gasteiger partial charge is 0.257 e. The van der Waals surface area contributed by atoms with Gasteiger partial charge in [-0.05, 0) is 61.1 Å². The molecule has 142 valence electrons. The van der Waals surface area contributed by atoms with Gasteiger partial charge in [-0.1, -0.05) is 41.8 Å². The number of hydrogen-bond donors (Lipinski definition) is 3. The van der Waals surface area contributed by atoms with Gasteiger partial charge in [-0.2, -0.15) is 0 Å². The maximum absolute atomic E-state index is 12.2. The molecule has 0 atom stereocenters. The highest BCUT2D eigenvalue weighted by Crippen LogP contribution is 2.16. The van der Waals surface area contributed by atoms with Crippen molar-refractivity contribution in [3.63, 3.8) is 0 Å². The Hall–Kier alpha value is -2.25. The average molecular weight is 448 g/mol. The molecular weight excluding hydrogens is 426 g/mol. The molecule has 0 aliphatic carbocycles. The second-order valence-corrected chi connectivity index (χ2v) is 7.33.